The average Bonchev–Trinajstić information content (AvgIpc) is 3.51. The van der Waals surface area contributed by atoms with E-state index in [1.54, 1.807) is 28.9 Å². The number of amides is 3. The number of nitrogens with zero attached hydrogens (tertiary/aromatic N) is 3. The number of allylic oxidation sites excluding steroid dienone is 1. The Kier molecular flexibility index (Phi) is 10.5. The van der Waals surface area contributed by atoms with E-state index in [0.717, 1.165) is 37.8 Å². The molecule has 0 aromatic carbocycles. The molecule has 1 aromatic rings. The Morgan fingerprint density at radius 2 is 1.75 bits per heavy atom. The minimum Gasteiger partial charge on any atom is -0.465 e. The van der Waals surface area contributed by atoms with Gasteiger partial charge in [0.15, 0.2) is 5.76 Å². The Labute approximate surface area is 237 Å². The lowest BCUT2D eigenvalue weighted by molar-refractivity contribution is -0.162. The first-order valence-corrected chi connectivity index (χ1v) is 15.2. The highest BCUT2D eigenvalue weighted by atomic mass is 16.5. The third-order valence-corrected chi connectivity index (χ3v) is 8.61. The van der Waals surface area contributed by atoms with Crippen molar-refractivity contribution in [3.63, 3.8) is 0 Å². The van der Waals surface area contributed by atoms with Crippen LogP contribution in [0.3, 0.4) is 0 Å². The Hall–Kier alpha value is -3.10. The molecule has 0 saturated carbocycles. The van der Waals surface area contributed by atoms with E-state index >= 15 is 0 Å². The van der Waals surface area contributed by atoms with Gasteiger partial charge in [-0.1, -0.05) is 45.1 Å². The van der Waals surface area contributed by atoms with Crippen LogP contribution in [0.2, 0.25) is 0 Å². The summed E-state index contributed by atoms with van der Waals surface area (Å²) in [4.78, 5) is 58.6. The second-order valence-corrected chi connectivity index (χ2v) is 11.3. The molecule has 2 fully saturated rings. The van der Waals surface area contributed by atoms with E-state index in [2.05, 4.69) is 13.0 Å². The van der Waals surface area contributed by atoms with E-state index < -0.39 is 11.3 Å². The van der Waals surface area contributed by atoms with Gasteiger partial charge in [0, 0.05) is 50.8 Å². The van der Waals surface area contributed by atoms with Crippen molar-refractivity contribution in [3.8, 4) is 0 Å². The molecule has 40 heavy (non-hydrogen) atoms. The predicted octanol–water partition coefficient (Wildman–Crippen LogP) is 4.78. The summed E-state index contributed by atoms with van der Waals surface area (Å²) in [5.74, 6) is -0.901. The molecule has 0 N–H and O–H groups in total. The summed E-state index contributed by atoms with van der Waals surface area (Å²) in [7, 11) is 0. The lowest BCUT2D eigenvalue weighted by Crippen LogP contribution is -2.55. The SMILES string of the molecule is CCCCCCCCN1C(=O)[C@H](CC(=O)N2CCN(C(=O)c3ccco3)CC2)C[C@@]2(C(=O)OCC)CCCC=C12. The summed E-state index contributed by atoms with van der Waals surface area (Å²) < 4.78 is 10.8. The molecule has 2 saturated heterocycles. The number of likely N-dealkylation sites (tertiary alicyclic amines) is 1. The van der Waals surface area contributed by atoms with Crippen molar-refractivity contribution in [2.45, 2.75) is 84.5 Å². The van der Waals surface area contributed by atoms with Crippen molar-refractivity contribution in [1.29, 1.82) is 0 Å². The second kappa shape index (κ2) is 14.0. The summed E-state index contributed by atoms with van der Waals surface area (Å²) >= 11 is 0. The summed E-state index contributed by atoms with van der Waals surface area (Å²) in [6, 6.07) is 3.32. The van der Waals surface area contributed by atoms with Gasteiger partial charge in [0.1, 0.15) is 5.41 Å². The normalized spacial score (nSPS) is 23.1. The van der Waals surface area contributed by atoms with Crippen molar-refractivity contribution in [1.82, 2.24) is 14.7 Å². The van der Waals surface area contributed by atoms with E-state index in [1.807, 2.05) is 4.90 Å². The first kappa shape index (κ1) is 29.9. The molecular weight excluding hydrogens is 510 g/mol. The molecule has 0 unspecified atom stereocenters. The third kappa shape index (κ3) is 6.61. The number of unbranched alkanes of at least 4 members (excludes halogenated alkanes) is 5. The van der Waals surface area contributed by atoms with Crippen molar-refractivity contribution < 1.29 is 28.3 Å². The van der Waals surface area contributed by atoms with Crippen LogP contribution in [0.4, 0.5) is 0 Å². The monoisotopic (exact) mass is 555 g/mol. The van der Waals surface area contributed by atoms with Crippen LogP contribution in [0.15, 0.2) is 34.6 Å². The molecule has 2 aliphatic heterocycles. The number of carbonyl (C=O) groups is 4. The van der Waals surface area contributed by atoms with Crippen molar-refractivity contribution >= 4 is 23.7 Å². The lowest BCUT2D eigenvalue weighted by Gasteiger charge is -2.48. The lowest BCUT2D eigenvalue weighted by atomic mass is 9.66. The number of piperazine rings is 1. The van der Waals surface area contributed by atoms with Crippen LogP contribution in [0.25, 0.3) is 0 Å². The van der Waals surface area contributed by atoms with Gasteiger partial charge in [-0.15, -0.1) is 0 Å². The fraction of sp³-hybridized carbons (Fsp3) is 0.677. The third-order valence-electron chi connectivity index (χ3n) is 8.61. The molecule has 3 heterocycles. The number of esters is 1. The molecule has 1 aromatic heterocycles. The van der Waals surface area contributed by atoms with Crippen molar-refractivity contribution in [2.75, 3.05) is 39.3 Å². The van der Waals surface area contributed by atoms with Gasteiger partial charge in [-0.05, 0) is 51.2 Å². The average molecular weight is 556 g/mol. The van der Waals surface area contributed by atoms with E-state index in [1.165, 1.54) is 25.5 Å². The first-order valence-electron chi connectivity index (χ1n) is 15.2. The van der Waals surface area contributed by atoms with Gasteiger partial charge in [0.05, 0.1) is 12.9 Å². The molecule has 2 atom stereocenters. The molecule has 0 bridgehead atoms. The number of ether oxygens (including phenoxy) is 1. The quantitative estimate of drug-likeness (QED) is 0.272. The van der Waals surface area contributed by atoms with Gasteiger partial charge >= 0.3 is 5.97 Å². The van der Waals surface area contributed by atoms with Crippen LogP contribution in [0, 0.1) is 11.3 Å². The second-order valence-electron chi connectivity index (χ2n) is 11.3. The molecule has 0 radical (unpaired) electrons. The summed E-state index contributed by atoms with van der Waals surface area (Å²) in [6.45, 7) is 6.48. The van der Waals surface area contributed by atoms with Crippen LogP contribution >= 0.6 is 0 Å². The van der Waals surface area contributed by atoms with E-state index in [4.69, 9.17) is 9.15 Å². The van der Waals surface area contributed by atoms with Crippen LogP contribution in [0.5, 0.6) is 0 Å². The number of fused-ring (bicyclic) bond motifs is 1. The van der Waals surface area contributed by atoms with E-state index in [9.17, 15) is 19.2 Å². The van der Waals surface area contributed by atoms with Gasteiger partial charge in [-0.25, -0.2) is 0 Å². The summed E-state index contributed by atoms with van der Waals surface area (Å²) in [5, 5.41) is 0. The predicted molar refractivity (Wildman–Crippen MR) is 150 cm³/mol. The number of furan rings is 1. The number of carbonyl (C=O) groups excluding carboxylic acids is 4. The molecule has 3 aliphatic rings. The van der Waals surface area contributed by atoms with Gasteiger partial charge < -0.3 is 23.9 Å². The fourth-order valence-corrected chi connectivity index (χ4v) is 6.44. The minimum absolute atomic E-state index is 0.0541. The molecule has 3 amide bonds. The Bertz CT molecular complexity index is 1060. The van der Waals surface area contributed by atoms with Crippen LogP contribution in [0.1, 0.15) is 95.0 Å². The van der Waals surface area contributed by atoms with Gasteiger partial charge in [-0.2, -0.15) is 0 Å². The topological polar surface area (TPSA) is 100 Å². The Balaban J connectivity index is 1.44. The largest absolute Gasteiger partial charge is 0.465 e. The van der Waals surface area contributed by atoms with E-state index in [-0.39, 0.29) is 36.7 Å². The molecule has 4 rings (SSSR count). The van der Waals surface area contributed by atoms with Crippen molar-refractivity contribution in [3.05, 3.63) is 35.9 Å². The fourth-order valence-electron chi connectivity index (χ4n) is 6.44. The van der Waals surface area contributed by atoms with Crippen LogP contribution in [-0.4, -0.2) is 77.7 Å². The number of hydrogen-bond acceptors (Lipinski definition) is 6. The van der Waals surface area contributed by atoms with Gasteiger partial charge in [0.2, 0.25) is 11.8 Å². The summed E-state index contributed by atoms with van der Waals surface area (Å²) in [5.41, 5.74) is -0.0757. The summed E-state index contributed by atoms with van der Waals surface area (Å²) in [6.07, 6.45) is 12.9. The zero-order valence-corrected chi connectivity index (χ0v) is 24.2. The smallest absolute Gasteiger partial charge is 0.318 e. The Morgan fingerprint density at radius 3 is 2.45 bits per heavy atom. The molecule has 220 valence electrons. The maximum Gasteiger partial charge on any atom is 0.318 e. The highest BCUT2D eigenvalue weighted by molar-refractivity contribution is 5.93. The molecule has 9 nitrogen and oxygen atoms in total. The number of piperidine rings is 1. The number of rotatable bonds is 12. The van der Waals surface area contributed by atoms with Crippen molar-refractivity contribution in [2.24, 2.45) is 11.3 Å². The van der Waals surface area contributed by atoms with Crippen LogP contribution in [-0.2, 0) is 19.1 Å². The zero-order chi connectivity index (χ0) is 28.5. The molecule has 9 heteroatoms. The maximum absolute atomic E-state index is 13.9. The molecule has 0 spiro atoms. The molecular formula is C31H45N3O6. The molecule has 1 aliphatic carbocycles. The highest BCUT2D eigenvalue weighted by Gasteiger charge is 2.54. The van der Waals surface area contributed by atoms with Crippen LogP contribution < -0.4 is 0 Å². The van der Waals surface area contributed by atoms with E-state index in [0.29, 0.717) is 51.3 Å². The van der Waals surface area contributed by atoms with Gasteiger partial charge in [0.25, 0.3) is 5.91 Å². The van der Waals surface area contributed by atoms with Gasteiger partial charge in [-0.3, -0.25) is 19.2 Å². The number of hydrogen-bond donors (Lipinski definition) is 0. The highest BCUT2D eigenvalue weighted by Crippen LogP contribution is 2.50. The standard InChI is InChI=1S/C31H45N3O6/c1-3-5-6-7-8-11-16-34-26-14-9-10-15-31(26,30(38)39-4-2)23-24(28(34)36)22-27(35)32-17-19-33(20-18-32)29(37)25-13-12-21-40-25/h12-14,21,24H,3-11,15-20,22-23H2,1-2H3/t24-,31+/m1/s1. The Morgan fingerprint density at radius 1 is 1.02 bits per heavy atom. The minimum atomic E-state index is -0.872. The maximum atomic E-state index is 13.9. The first-order chi connectivity index (χ1) is 19.4. The zero-order valence-electron chi connectivity index (χ0n) is 24.2.